The third-order valence-electron chi connectivity index (χ3n) is 4.29. The van der Waals surface area contributed by atoms with Crippen molar-refractivity contribution in [3.8, 4) is 23.5 Å². The van der Waals surface area contributed by atoms with Gasteiger partial charge in [-0.25, -0.2) is 4.79 Å². The number of alkyl carbamates (subject to hydrolysis) is 1. The Kier molecular flexibility index (Phi) is 4.30. The van der Waals surface area contributed by atoms with Crippen molar-refractivity contribution in [2.45, 2.75) is 44.8 Å². The number of rotatable bonds is 3. The predicted octanol–water partition coefficient (Wildman–Crippen LogP) is 4.85. The molecule has 0 radical (unpaired) electrons. The van der Waals surface area contributed by atoms with Crippen LogP contribution in [-0.4, -0.2) is 11.7 Å². The lowest BCUT2D eigenvalue weighted by molar-refractivity contribution is 0.0495. The number of amides is 1. The number of hydrogen-bond donors (Lipinski definition) is 1. The Balaban J connectivity index is 1.81. The predicted molar refractivity (Wildman–Crippen MR) is 100 cm³/mol. The first kappa shape index (κ1) is 17.1. The van der Waals surface area contributed by atoms with E-state index in [4.69, 9.17) is 11.2 Å². The highest BCUT2D eigenvalue weighted by Crippen LogP contribution is 2.46. The van der Waals surface area contributed by atoms with E-state index in [2.05, 4.69) is 29.4 Å². The second-order valence-electron chi connectivity index (χ2n) is 7.51. The maximum atomic E-state index is 12.2. The molecule has 2 aromatic carbocycles. The van der Waals surface area contributed by atoms with Gasteiger partial charge in [0.15, 0.2) is 0 Å². The molecule has 0 aliphatic heterocycles. The standard InChI is InChI=1S/C22H23NO2/c1-5-16-9-11-17(12-10-16)18-7-6-8-19(15-18)22(13-14-22)23-20(24)25-21(2,3)4/h1,6-12,15H,13-14H2,2-4H3,(H,23,24). The molecule has 1 aliphatic rings. The molecule has 0 aromatic heterocycles. The Hall–Kier alpha value is -2.73. The van der Waals surface area contributed by atoms with E-state index in [0.717, 1.165) is 35.1 Å². The quantitative estimate of drug-likeness (QED) is 0.816. The van der Waals surface area contributed by atoms with Crippen LogP contribution in [0.15, 0.2) is 48.5 Å². The minimum atomic E-state index is -0.499. The summed E-state index contributed by atoms with van der Waals surface area (Å²) in [7, 11) is 0. The molecule has 3 nitrogen and oxygen atoms in total. The summed E-state index contributed by atoms with van der Waals surface area (Å²) in [5.41, 5.74) is 3.38. The molecule has 0 bridgehead atoms. The highest BCUT2D eigenvalue weighted by molar-refractivity contribution is 5.71. The van der Waals surface area contributed by atoms with E-state index >= 15 is 0 Å². The van der Waals surface area contributed by atoms with Gasteiger partial charge >= 0.3 is 6.09 Å². The van der Waals surface area contributed by atoms with Crippen molar-refractivity contribution in [1.82, 2.24) is 5.32 Å². The van der Waals surface area contributed by atoms with Crippen molar-refractivity contribution < 1.29 is 9.53 Å². The van der Waals surface area contributed by atoms with Crippen molar-refractivity contribution in [3.63, 3.8) is 0 Å². The lowest BCUT2D eigenvalue weighted by atomic mass is 9.97. The topological polar surface area (TPSA) is 38.3 Å². The number of carbonyl (C=O) groups excluding carboxylic acids is 1. The molecule has 0 unspecified atom stereocenters. The normalized spacial score (nSPS) is 15.1. The molecule has 25 heavy (non-hydrogen) atoms. The van der Waals surface area contributed by atoms with Gasteiger partial charge in [0, 0.05) is 5.56 Å². The third kappa shape index (κ3) is 4.03. The molecular formula is C22H23NO2. The van der Waals surface area contributed by atoms with Gasteiger partial charge in [0.1, 0.15) is 5.60 Å². The summed E-state index contributed by atoms with van der Waals surface area (Å²) in [6.45, 7) is 5.60. The summed E-state index contributed by atoms with van der Waals surface area (Å²) in [5, 5.41) is 3.05. The second-order valence-corrected chi connectivity index (χ2v) is 7.51. The van der Waals surface area contributed by atoms with Gasteiger partial charge in [-0.05, 0) is 68.5 Å². The van der Waals surface area contributed by atoms with Crippen molar-refractivity contribution in [3.05, 3.63) is 59.7 Å². The Labute approximate surface area is 149 Å². The van der Waals surface area contributed by atoms with Crippen LogP contribution in [0.2, 0.25) is 0 Å². The van der Waals surface area contributed by atoms with Crippen LogP contribution in [0.25, 0.3) is 11.1 Å². The Morgan fingerprint density at radius 1 is 1.12 bits per heavy atom. The second kappa shape index (κ2) is 6.29. The third-order valence-corrected chi connectivity index (χ3v) is 4.29. The molecule has 1 amide bonds. The van der Waals surface area contributed by atoms with Gasteiger partial charge < -0.3 is 10.1 Å². The van der Waals surface area contributed by atoms with Crippen LogP contribution in [-0.2, 0) is 10.3 Å². The average molecular weight is 333 g/mol. The van der Waals surface area contributed by atoms with Crippen LogP contribution in [0.5, 0.6) is 0 Å². The molecule has 1 fully saturated rings. The maximum absolute atomic E-state index is 12.2. The van der Waals surface area contributed by atoms with Gasteiger partial charge in [-0.1, -0.05) is 36.3 Å². The van der Waals surface area contributed by atoms with E-state index in [-0.39, 0.29) is 11.6 Å². The van der Waals surface area contributed by atoms with Crippen molar-refractivity contribution in [2.75, 3.05) is 0 Å². The van der Waals surface area contributed by atoms with Crippen LogP contribution in [0.1, 0.15) is 44.7 Å². The van der Waals surface area contributed by atoms with Gasteiger partial charge in [-0.15, -0.1) is 6.42 Å². The fourth-order valence-corrected chi connectivity index (χ4v) is 2.87. The summed E-state index contributed by atoms with van der Waals surface area (Å²) in [4.78, 5) is 12.2. The molecule has 1 N–H and O–H groups in total. The zero-order valence-corrected chi connectivity index (χ0v) is 14.9. The summed E-state index contributed by atoms with van der Waals surface area (Å²) in [6.07, 6.45) is 6.89. The van der Waals surface area contributed by atoms with Crippen LogP contribution in [0.3, 0.4) is 0 Å². The molecule has 0 atom stereocenters. The first-order valence-corrected chi connectivity index (χ1v) is 8.50. The first-order chi connectivity index (χ1) is 11.8. The number of hydrogen-bond acceptors (Lipinski definition) is 2. The van der Waals surface area contributed by atoms with Crippen LogP contribution < -0.4 is 5.32 Å². The lowest BCUT2D eigenvalue weighted by Gasteiger charge is -2.24. The summed E-state index contributed by atoms with van der Waals surface area (Å²) >= 11 is 0. The SMILES string of the molecule is C#Cc1ccc(-c2cccc(C3(NC(=O)OC(C)(C)C)CC3)c2)cc1. The monoisotopic (exact) mass is 333 g/mol. The number of terminal acetylenes is 1. The van der Waals surface area contributed by atoms with E-state index in [0.29, 0.717) is 0 Å². The molecule has 3 heteroatoms. The molecule has 2 aromatic rings. The van der Waals surface area contributed by atoms with Gasteiger partial charge in [-0.3, -0.25) is 0 Å². The molecule has 1 saturated carbocycles. The Bertz CT molecular complexity index is 818. The van der Waals surface area contributed by atoms with E-state index in [1.54, 1.807) is 0 Å². The number of ether oxygens (including phenoxy) is 1. The molecule has 128 valence electrons. The summed E-state index contributed by atoms with van der Waals surface area (Å²) < 4.78 is 5.41. The number of carbonyl (C=O) groups is 1. The van der Waals surface area contributed by atoms with E-state index in [9.17, 15) is 4.79 Å². The van der Waals surface area contributed by atoms with Crippen LogP contribution in [0.4, 0.5) is 4.79 Å². The van der Waals surface area contributed by atoms with Crippen molar-refractivity contribution in [2.24, 2.45) is 0 Å². The van der Waals surface area contributed by atoms with Crippen molar-refractivity contribution >= 4 is 6.09 Å². The zero-order valence-electron chi connectivity index (χ0n) is 14.9. The molecular weight excluding hydrogens is 310 g/mol. The van der Waals surface area contributed by atoms with Crippen LogP contribution in [0, 0.1) is 12.3 Å². The Morgan fingerprint density at radius 2 is 1.80 bits per heavy atom. The van der Waals surface area contributed by atoms with Crippen LogP contribution >= 0.6 is 0 Å². The van der Waals surface area contributed by atoms with E-state index < -0.39 is 5.60 Å². The fraction of sp³-hybridized carbons (Fsp3) is 0.318. The fourth-order valence-electron chi connectivity index (χ4n) is 2.87. The number of nitrogens with one attached hydrogen (secondary N) is 1. The molecule has 3 rings (SSSR count). The Morgan fingerprint density at radius 3 is 2.36 bits per heavy atom. The van der Waals surface area contributed by atoms with Gasteiger partial charge in [0.05, 0.1) is 5.54 Å². The molecule has 1 aliphatic carbocycles. The minimum Gasteiger partial charge on any atom is -0.444 e. The number of benzene rings is 2. The average Bonchev–Trinajstić information content (AvgIpc) is 3.34. The molecule has 0 spiro atoms. The highest BCUT2D eigenvalue weighted by atomic mass is 16.6. The summed E-state index contributed by atoms with van der Waals surface area (Å²) in [6, 6.07) is 16.2. The lowest BCUT2D eigenvalue weighted by Crippen LogP contribution is -2.39. The minimum absolute atomic E-state index is 0.308. The molecule has 0 saturated heterocycles. The van der Waals surface area contributed by atoms with Gasteiger partial charge in [-0.2, -0.15) is 0 Å². The molecule has 0 heterocycles. The van der Waals surface area contributed by atoms with Crippen molar-refractivity contribution in [1.29, 1.82) is 0 Å². The summed E-state index contributed by atoms with van der Waals surface area (Å²) in [5.74, 6) is 2.63. The smallest absolute Gasteiger partial charge is 0.408 e. The van der Waals surface area contributed by atoms with Gasteiger partial charge in [0.25, 0.3) is 0 Å². The maximum Gasteiger partial charge on any atom is 0.408 e. The first-order valence-electron chi connectivity index (χ1n) is 8.50. The van der Waals surface area contributed by atoms with Gasteiger partial charge in [0.2, 0.25) is 0 Å². The van der Waals surface area contributed by atoms with E-state index in [1.807, 2.05) is 51.1 Å². The van der Waals surface area contributed by atoms with E-state index in [1.165, 1.54) is 0 Å². The zero-order chi connectivity index (χ0) is 18.1. The largest absolute Gasteiger partial charge is 0.444 e. The highest BCUT2D eigenvalue weighted by Gasteiger charge is 2.46.